The highest BCUT2D eigenvalue weighted by atomic mass is 35.5. The van der Waals surface area contributed by atoms with Crippen molar-refractivity contribution in [3.63, 3.8) is 0 Å². The van der Waals surface area contributed by atoms with Crippen LogP contribution in [0.5, 0.6) is 5.75 Å². The van der Waals surface area contributed by atoms with E-state index >= 15 is 0 Å². The summed E-state index contributed by atoms with van der Waals surface area (Å²) < 4.78 is 5.57. The van der Waals surface area contributed by atoms with Gasteiger partial charge >= 0.3 is 0 Å². The van der Waals surface area contributed by atoms with Crippen molar-refractivity contribution in [2.75, 3.05) is 18.9 Å². The van der Waals surface area contributed by atoms with E-state index in [1.54, 1.807) is 37.1 Å². The zero-order valence-corrected chi connectivity index (χ0v) is 13.1. The third-order valence-corrected chi connectivity index (χ3v) is 3.49. The first-order valence-corrected chi connectivity index (χ1v) is 6.53. The van der Waals surface area contributed by atoms with Crippen LogP contribution in [0.4, 0.5) is 5.69 Å². The van der Waals surface area contributed by atoms with Gasteiger partial charge in [-0.15, -0.1) is 12.4 Å². The summed E-state index contributed by atoms with van der Waals surface area (Å²) in [7, 11) is 1.70. The van der Waals surface area contributed by atoms with Gasteiger partial charge in [-0.2, -0.15) is 0 Å². The Balaban J connectivity index is 0.00000220. The van der Waals surface area contributed by atoms with E-state index in [0.29, 0.717) is 23.5 Å². The van der Waals surface area contributed by atoms with Crippen molar-refractivity contribution in [2.45, 2.75) is 26.0 Å². The van der Waals surface area contributed by atoms with Gasteiger partial charge in [0.2, 0.25) is 0 Å². The third-order valence-electron chi connectivity index (χ3n) is 3.49. The second kappa shape index (κ2) is 6.78. The van der Waals surface area contributed by atoms with Crippen molar-refractivity contribution in [2.24, 2.45) is 5.73 Å². The van der Waals surface area contributed by atoms with Crippen LogP contribution in [0.2, 0.25) is 0 Å². The summed E-state index contributed by atoms with van der Waals surface area (Å²) in [6.45, 7) is 3.90. The molecule has 0 aromatic heterocycles. The van der Waals surface area contributed by atoms with Crippen LogP contribution < -0.4 is 15.8 Å². The Kier molecular flexibility index (Phi) is 5.57. The number of hydrogen-bond donors (Lipinski definition) is 2. The molecule has 6 nitrogen and oxygen atoms in total. The standard InChI is InChI=1S/C14H19N3O3.ClH/c1-8(7-15)17(3)14(19)10-5-4-6-11-12(10)20-9(2)13(18)16-11;/h4-6,8-9H,7,15H2,1-3H3,(H,16,18);1H. The van der Waals surface area contributed by atoms with E-state index in [9.17, 15) is 9.59 Å². The number of hydrogen-bond acceptors (Lipinski definition) is 4. The minimum Gasteiger partial charge on any atom is -0.478 e. The number of halogens is 1. The van der Waals surface area contributed by atoms with E-state index in [0.717, 1.165) is 0 Å². The molecule has 0 bridgehead atoms. The Hall–Kier alpha value is -1.79. The molecule has 1 aromatic carbocycles. The number of likely N-dealkylation sites (N-methyl/N-ethyl adjacent to an activating group) is 1. The first-order chi connectivity index (χ1) is 9.45. The number of nitrogens with one attached hydrogen (secondary N) is 1. The maximum Gasteiger partial charge on any atom is 0.265 e. The Bertz CT molecular complexity index is 550. The number of nitrogens with two attached hydrogens (primary N) is 1. The summed E-state index contributed by atoms with van der Waals surface area (Å²) in [4.78, 5) is 25.6. The molecule has 0 saturated carbocycles. The average molecular weight is 314 g/mol. The van der Waals surface area contributed by atoms with Crippen LogP contribution in [-0.4, -0.2) is 42.5 Å². The molecule has 7 heteroatoms. The fraction of sp³-hybridized carbons (Fsp3) is 0.429. The lowest BCUT2D eigenvalue weighted by atomic mass is 10.1. The largest absolute Gasteiger partial charge is 0.478 e. The normalized spacial score (nSPS) is 17.7. The van der Waals surface area contributed by atoms with Crippen LogP contribution in [0.1, 0.15) is 24.2 Å². The minimum atomic E-state index is -0.617. The second-order valence-electron chi connectivity index (χ2n) is 4.93. The first kappa shape index (κ1) is 17.3. The molecule has 1 heterocycles. The molecule has 21 heavy (non-hydrogen) atoms. The van der Waals surface area contributed by atoms with Crippen LogP contribution in [0, 0.1) is 0 Å². The molecule has 2 rings (SSSR count). The summed E-state index contributed by atoms with van der Waals surface area (Å²) >= 11 is 0. The van der Waals surface area contributed by atoms with Crippen molar-refractivity contribution in [1.82, 2.24) is 4.90 Å². The number of ether oxygens (including phenoxy) is 1. The Morgan fingerprint density at radius 1 is 1.52 bits per heavy atom. The molecule has 1 aliphatic rings. The van der Waals surface area contributed by atoms with Crippen LogP contribution >= 0.6 is 12.4 Å². The second-order valence-corrected chi connectivity index (χ2v) is 4.93. The van der Waals surface area contributed by atoms with E-state index in [1.165, 1.54) is 0 Å². The Morgan fingerprint density at radius 2 is 2.19 bits per heavy atom. The number of rotatable bonds is 3. The topological polar surface area (TPSA) is 84.7 Å². The molecule has 0 radical (unpaired) electrons. The monoisotopic (exact) mass is 313 g/mol. The summed E-state index contributed by atoms with van der Waals surface area (Å²) in [5.41, 5.74) is 6.53. The number of para-hydroxylation sites is 1. The molecule has 2 amide bonds. The number of nitrogens with zero attached hydrogens (tertiary/aromatic N) is 1. The van der Waals surface area contributed by atoms with Gasteiger partial charge in [0.15, 0.2) is 11.9 Å². The quantitative estimate of drug-likeness (QED) is 0.879. The van der Waals surface area contributed by atoms with E-state index in [4.69, 9.17) is 10.5 Å². The van der Waals surface area contributed by atoms with Gasteiger partial charge < -0.3 is 20.7 Å². The molecule has 0 aliphatic carbocycles. The van der Waals surface area contributed by atoms with Gasteiger partial charge in [0.25, 0.3) is 11.8 Å². The highest BCUT2D eigenvalue weighted by Crippen LogP contribution is 2.34. The smallest absolute Gasteiger partial charge is 0.265 e. The van der Waals surface area contributed by atoms with Gasteiger partial charge in [-0.3, -0.25) is 9.59 Å². The maximum atomic E-state index is 12.5. The lowest BCUT2D eigenvalue weighted by Gasteiger charge is -2.28. The van der Waals surface area contributed by atoms with Gasteiger partial charge in [-0.05, 0) is 26.0 Å². The third kappa shape index (κ3) is 3.28. The number of fused-ring (bicyclic) bond motifs is 1. The molecule has 3 N–H and O–H groups in total. The van der Waals surface area contributed by atoms with E-state index < -0.39 is 6.10 Å². The fourth-order valence-corrected chi connectivity index (χ4v) is 1.94. The van der Waals surface area contributed by atoms with Crippen LogP contribution in [0.25, 0.3) is 0 Å². The zero-order valence-electron chi connectivity index (χ0n) is 12.3. The van der Waals surface area contributed by atoms with Gasteiger partial charge in [0, 0.05) is 19.6 Å². The van der Waals surface area contributed by atoms with Gasteiger partial charge in [-0.1, -0.05) is 6.07 Å². The highest BCUT2D eigenvalue weighted by Gasteiger charge is 2.29. The summed E-state index contributed by atoms with van der Waals surface area (Å²) in [5.74, 6) is 0.0228. The lowest BCUT2D eigenvalue weighted by molar-refractivity contribution is -0.122. The van der Waals surface area contributed by atoms with E-state index in [-0.39, 0.29) is 30.3 Å². The number of benzene rings is 1. The van der Waals surface area contributed by atoms with Crippen molar-refractivity contribution >= 4 is 29.9 Å². The average Bonchev–Trinajstić information content (AvgIpc) is 2.45. The minimum absolute atomic E-state index is 0. The summed E-state index contributed by atoms with van der Waals surface area (Å²) in [6, 6.07) is 5.04. The SMILES string of the molecule is CC1Oc2c(cccc2C(=O)N(C)C(C)CN)NC1=O.Cl. The van der Waals surface area contributed by atoms with Crippen molar-refractivity contribution in [3.8, 4) is 5.75 Å². The molecule has 1 aliphatic heterocycles. The maximum absolute atomic E-state index is 12.5. The summed E-state index contributed by atoms with van der Waals surface area (Å²) in [6.07, 6.45) is -0.617. The van der Waals surface area contributed by atoms with Gasteiger partial charge in [-0.25, -0.2) is 0 Å². The number of carbonyl (C=O) groups excluding carboxylic acids is 2. The molecule has 1 aromatic rings. The van der Waals surface area contributed by atoms with Gasteiger partial charge in [0.1, 0.15) is 0 Å². The predicted molar refractivity (Wildman–Crippen MR) is 83.0 cm³/mol. The summed E-state index contributed by atoms with van der Waals surface area (Å²) in [5, 5.41) is 2.73. The molecular weight excluding hydrogens is 294 g/mol. The number of carbonyl (C=O) groups is 2. The molecule has 2 atom stereocenters. The van der Waals surface area contributed by atoms with Crippen LogP contribution in [0.15, 0.2) is 18.2 Å². The van der Waals surface area contributed by atoms with Crippen molar-refractivity contribution < 1.29 is 14.3 Å². The zero-order chi connectivity index (χ0) is 14.9. The van der Waals surface area contributed by atoms with Gasteiger partial charge in [0.05, 0.1) is 11.3 Å². The fourth-order valence-electron chi connectivity index (χ4n) is 1.94. The van der Waals surface area contributed by atoms with Crippen molar-refractivity contribution in [3.05, 3.63) is 23.8 Å². The molecule has 2 unspecified atom stereocenters. The van der Waals surface area contributed by atoms with E-state index in [2.05, 4.69) is 5.32 Å². The molecule has 0 saturated heterocycles. The Morgan fingerprint density at radius 3 is 2.81 bits per heavy atom. The van der Waals surface area contributed by atoms with Crippen molar-refractivity contribution in [1.29, 1.82) is 0 Å². The number of anilines is 1. The Labute approximate surface area is 130 Å². The predicted octanol–water partition coefficient (Wildman–Crippen LogP) is 1.25. The highest BCUT2D eigenvalue weighted by molar-refractivity contribution is 6.04. The van der Waals surface area contributed by atoms with Crippen LogP contribution in [-0.2, 0) is 4.79 Å². The molecule has 0 fully saturated rings. The van der Waals surface area contributed by atoms with E-state index in [1.807, 2.05) is 6.92 Å². The lowest BCUT2D eigenvalue weighted by Crippen LogP contribution is -2.41. The number of amides is 2. The molecule has 0 spiro atoms. The van der Waals surface area contributed by atoms with Crippen LogP contribution in [0.3, 0.4) is 0 Å². The first-order valence-electron chi connectivity index (χ1n) is 6.53. The molecule has 116 valence electrons. The molecular formula is C14H20ClN3O3.